The first-order valence-corrected chi connectivity index (χ1v) is 10.4. The number of benzene rings is 1. The van der Waals surface area contributed by atoms with Crippen LogP contribution < -0.4 is 4.90 Å². The minimum absolute atomic E-state index is 0.0165. The molecular weight excluding hydrogens is 322 g/mol. The summed E-state index contributed by atoms with van der Waals surface area (Å²) in [6.07, 6.45) is 5.62. The summed E-state index contributed by atoms with van der Waals surface area (Å²) in [6.45, 7) is 4.26. The third-order valence-electron chi connectivity index (χ3n) is 5.02. The van der Waals surface area contributed by atoms with Gasteiger partial charge in [0.25, 0.3) is 0 Å². The highest BCUT2D eigenvalue weighted by Gasteiger charge is 2.35. The molecular formula is C19H25NO3S. The zero-order valence-corrected chi connectivity index (χ0v) is 15.1. The van der Waals surface area contributed by atoms with Gasteiger partial charge in [-0.15, -0.1) is 0 Å². The lowest BCUT2D eigenvalue weighted by Crippen LogP contribution is -2.44. The number of nitrogens with zero attached hydrogens (tertiary/aromatic N) is 1. The van der Waals surface area contributed by atoms with Crippen molar-refractivity contribution in [1.82, 2.24) is 0 Å². The minimum Gasteiger partial charge on any atom is -0.304 e. The van der Waals surface area contributed by atoms with E-state index in [2.05, 4.69) is 13.8 Å². The number of carbonyl (C=O) groups is 1. The predicted molar refractivity (Wildman–Crippen MR) is 96.7 cm³/mol. The molecule has 0 spiro atoms. The summed E-state index contributed by atoms with van der Waals surface area (Å²) in [5.41, 5.74) is 2.00. The lowest BCUT2D eigenvalue weighted by molar-refractivity contribution is -0.122. The molecule has 1 heterocycles. The normalized spacial score (nSPS) is 23.0. The van der Waals surface area contributed by atoms with Crippen molar-refractivity contribution in [3.05, 3.63) is 41.3 Å². The van der Waals surface area contributed by atoms with Gasteiger partial charge in [0.15, 0.2) is 9.84 Å². The molecule has 1 amide bonds. The first kappa shape index (κ1) is 17.2. The van der Waals surface area contributed by atoms with Gasteiger partial charge >= 0.3 is 0 Å². The number of amides is 1. The number of rotatable bonds is 4. The van der Waals surface area contributed by atoms with E-state index < -0.39 is 15.9 Å². The molecule has 1 aliphatic heterocycles. The zero-order chi connectivity index (χ0) is 17.3. The second-order valence-electron chi connectivity index (χ2n) is 7.16. The second-order valence-corrected chi connectivity index (χ2v) is 9.09. The van der Waals surface area contributed by atoms with Crippen LogP contribution in [0.15, 0.2) is 35.7 Å². The van der Waals surface area contributed by atoms with Crippen LogP contribution in [0.3, 0.4) is 0 Å². The van der Waals surface area contributed by atoms with Crippen molar-refractivity contribution in [2.45, 2.75) is 51.5 Å². The Labute approximate surface area is 144 Å². The summed E-state index contributed by atoms with van der Waals surface area (Å²) in [4.78, 5) is 14.8. The van der Waals surface area contributed by atoms with Crippen molar-refractivity contribution in [3.63, 3.8) is 0 Å². The topological polar surface area (TPSA) is 54.5 Å². The highest BCUT2D eigenvalue weighted by atomic mass is 32.2. The molecule has 0 saturated heterocycles. The lowest BCUT2D eigenvalue weighted by atomic mass is 10.0. The van der Waals surface area contributed by atoms with Gasteiger partial charge in [0, 0.05) is 17.0 Å². The molecule has 3 rings (SSSR count). The fourth-order valence-corrected chi connectivity index (χ4v) is 4.86. The maximum absolute atomic E-state index is 13.1. The largest absolute Gasteiger partial charge is 0.304 e. The molecule has 0 bridgehead atoms. The number of hydrogen-bond donors (Lipinski definition) is 0. The molecule has 1 aromatic rings. The van der Waals surface area contributed by atoms with Gasteiger partial charge in [-0.3, -0.25) is 4.79 Å². The fraction of sp³-hybridized carbons (Fsp3) is 0.526. The van der Waals surface area contributed by atoms with Gasteiger partial charge in [0.05, 0.1) is 11.8 Å². The molecule has 0 aromatic heterocycles. The monoisotopic (exact) mass is 347 g/mol. The van der Waals surface area contributed by atoms with E-state index in [1.807, 2.05) is 24.3 Å². The van der Waals surface area contributed by atoms with Crippen molar-refractivity contribution >= 4 is 21.4 Å². The highest BCUT2D eigenvalue weighted by Crippen LogP contribution is 2.32. The Morgan fingerprint density at radius 1 is 1.12 bits per heavy atom. The van der Waals surface area contributed by atoms with E-state index in [-0.39, 0.29) is 17.6 Å². The highest BCUT2D eigenvalue weighted by molar-refractivity contribution is 7.94. The van der Waals surface area contributed by atoms with E-state index in [0.29, 0.717) is 5.92 Å². The van der Waals surface area contributed by atoms with Crippen LogP contribution in [-0.4, -0.2) is 26.1 Å². The third kappa shape index (κ3) is 3.56. The summed E-state index contributed by atoms with van der Waals surface area (Å²) in [6, 6.07) is 7.56. The fourth-order valence-electron chi connectivity index (χ4n) is 3.59. The van der Waals surface area contributed by atoms with Crippen LogP contribution >= 0.6 is 0 Å². The molecule has 5 heteroatoms. The summed E-state index contributed by atoms with van der Waals surface area (Å²) in [5.74, 6) is 0.491. The van der Waals surface area contributed by atoms with Crippen LogP contribution in [0.25, 0.3) is 0 Å². The van der Waals surface area contributed by atoms with Gasteiger partial charge in [-0.25, -0.2) is 8.42 Å². The summed E-state index contributed by atoms with van der Waals surface area (Å²) >= 11 is 0. The Morgan fingerprint density at radius 3 is 2.25 bits per heavy atom. The molecule has 1 atom stereocenters. The van der Waals surface area contributed by atoms with E-state index in [1.165, 1.54) is 11.0 Å². The maximum Gasteiger partial charge on any atom is 0.230 e. The van der Waals surface area contributed by atoms with Gasteiger partial charge in [0.1, 0.15) is 0 Å². The van der Waals surface area contributed by atoms with Gasteiger partial charge in [0.2, 0.25) is 5.91 Å². The van der Waals surface area contributed by atoms with Crippen molar-refractivity contribution in [3.8, 4) is 0 Å². The number of carbonyl (C=O) groups excluding carboxylic acids is 1. The van der Waals surface area contributed by atoms with Crippen LogP contribution in [-0.2, 0) is 14.6 Å². The average Bonchev–Trinajstić information content (AvgIpc) is 3.18. The minimum atomic E-state index is -3.20. The number of hydrogen-bond acceptors (Lipinski definition) is 3. The molecule has 1 fully saturated rings. The number of sulfone groups is 1. The quantitative estimate of drug-likeness (QED) is 0.835. The van der Waals surface area contributed by atoms with Gasteiger partial charge in [-0.2, -0.15) is 0 Å². The lowest BCUT2D eigenvalue weighted by Gasteiger charge is -2.30. The summed E-state index contributed by atoms with van der Waals surface area (Å²) in [5, 5.41) is 1.25. The molecule has 24 heavy (non-hydrogen) atoms. The third-order valence-corrected chi connectivity index (χ3v) is 6.40. The Morgan fingerprint density at radius 2 is 1.75 bits per heavy atom. The predicted octanol–water partition coefficient (Wildman–Crippen LogP) is 3.64. The average molecular weight is 347 g/mol. The van der Waals surface area contributed by atoms with Gasteiger partial charge in [-0.1, -0.05) is 38.8 Å². The van der Waals surface area contributed by atoms with E-state index >= 15 is 0 Å². The molecule has 130 valence electrons. The molecule has 0 unspecified atom stereocenters. The molecule has 1 saturated carbocycles. The Hall–Kier alpha value is -1.62. The van der Waals surface area contributed by atoms with E-state index in [1.54, 1.807) is 11.0 Å². The molecule has 0 N–H and O–H groups in total. The van der Waals surface area contributed by atoms with Crippen LogP contribution in [0.2, 0.25) is 0 Å². The molecule has 2 aliphatic rings. The molecule has 4 nitrogen and oxygen atoms in total. The maximum atomic E-state index is 13.1. The smallest absolute Gasteiger partial charge is 0.230 e. The van der Waals surface area contributed by atoms with Crippen molar-refractivity contribution in [1.29, 1.82) is 0 Å². The van der Waals surface area contributed by atoms with Crippen molar-refractivity contribution < 1.29 is 13.2 Å². The standard InChI is InChI=1S/C19H25NO3S/c1-14(2)15-7-9-17(10-8-15)20(18-11-12-24(22,23)13-18)19(21)16-5-3-4-6-16/h7-12,14,16,18H,3-6,13H2,1-2H3/t18-/m1/s1. The van der Waals surface area contributed by atoms with Crippen molar-refractivity contribution in [2.24, 2.45) is 5.92 Å². The Bertz CT molecular complexity index is 728. The molecule has 1 aliphatic carbocycles. The number of anilines is 1. The van der Waals surface area contributed by atoms with Gasteiger partial charge in [-0.05, 0) is 42.5 Å². The van der Waals surface area contributed by atoms with Crippen LogP contribution in [0, 0.1) is 5.92 Å². The second kappa shape index (κ2) is 6.71. The summed E-state index contributed by atoms with van der Waals surface area (Å²) < 4.78 is 23.7. The van der Waals surface area contributed by atoms with Crippen LogP contribution in [0.5, 0.6) is 0 Å². The first-order chi connectivity index (χ1) is 11.4. The van der Waals surface area contributed by atoms with Crippen LogP contribution in [0.1, 0.15) is 51.0 Å². The van der Waals surface area contributed by atoms with E-state index in [4.69, 9.17) is 0 Å². The van der Waals surface area contributed by atoms with Crippen molar-refractivity contribution in [2.75, 3.05) is 10.7 Å². The zero-order valence-electron chi connectivity index (χ0n) is 14.3. The van der Waals surface area contributed by atoms with Gasteiger partial charge < -0.3 is 4.90 Å². The Balaban J connectivity index is 1.92. The van der Waals surface area contributed by atoms with E-state index in [0.717, 1.165) is 31.4 Å². The van der Waals surface area contributed by atoms with E-state index in [9.17, 15) is 13.2 Å². The Kier molecular flexibility index (Phi) is 4.81. The summed E-state index contributed by atoms with van der Waals surface area (Å²) in [7, 11) is -3.20. The molecule has 1 aromatic carbocycles. The SMILES string of the molecule is CC(C)c1ccc(N(C(=O)C2CCCC2)[C@@H]2C=CS(=O)(=O)C2)cc1. The van der Waals surface area contributed by atoms with Crippen LogP contribution in [0.4, 0.5) is 5.69 Å². The first-order valence-electron chi connectivity index (χ1n) is 8.71. The molecule has 0 radical (unpaired) electrons.